The maximum atomic E-state index is 12.8. The van der Waals surface area contributed by atoms with Gasteiger partial charge in [-0.3, -0.25) is 4.79 Å². The molecule has 22 heavy (non-hydrogen) atoms. The zero-order chi connectivity index (χ0) is 15.4. The van der Waals surface area contributed by atoms with Gasteiger partial charge in [-0.25, -0.2) is 9.82 Å². The van der Waals surface area contributed by atoms with Gasteiger partial charge in [-0.15, -0.1) is 0 Å². The lowest BCUT2D eigenvalue weighted by Gasteiger charge is -2.24. The summed E-state index contributed by atoms with van der Waals surface area (Å²) in [4.78, 5) is 12.0. The molecule has 0 aliphatic carbocycles. The number of nitrogens with zero attached hydrogens (tertiary/aromatic N) is 1. The van der Waals surface area contributed by atoms with E-state index in [-0.39, 0.29) is 12.4 Å². The summed E-state index contributed by atoms with van der Waals surface area (Å²) in [6, 6.07) is 12.9. The number of ether oxygens (including phenoxy) is 2. The van der Waals surface area contributed by atoms with Crippen LogP contribution in [0, 0.1) is 5.82 Å². The van der Waals surface area contributed by atoms with Crippen molar-refractivity contribution in [3.8, 4) is 11.5 Å². The lowest BCUT2D eigenvalue weighted by Crippen LogP contribution is -2.42. The Morgan fingerprint density at radius 2 is 1.91 bits per heavy atom. The van der Waals surface area contributed by atoms with Crippen LogP contribution in [0.15, 0.2) is 53.6 Å². The highest BCUT2D eigenvalue weighted by Gasteiger charge is 2.26. The van der Waals surface area contributed by atoms with Gasteiger partial charge in [-0.2, -0.15) is 5.10 Å². The molecule has 3 rings (SSSR count). The Morgan fingerprint density at radius 3 is 2.68 bits per heavy atom. The third-order valence-electron chi connectivity index (χ3n) is 3.06. The van der Waals surface area contributed by atoms with Crippen molar-refractivity contribution in [1.82, 2.24) is 5.43 Å². The number of benzene rings is 2. The van der Waals surface area contributed by atoms with Crippen molar-refractivity contribution < 1.29 is 18.7 Å². The summed E-state index contributed by atoms with van der Waals surface area (Å²) >= 11 is 0. The van der Waals surface area contributed by atoms with Crippen molar-refractivity contribution in [1.29, 1.82) is 0 Å². The molecule has 2 aromatic rings. The van der Waals surface area contributed by atoms with Crippen molar-refractivity contribution in [2.45, 2.75) is 6.10 Å². The molecule has 1 N–H and O–H groups in total. The molecule has 0 spiro atoms. The molecule has 0 aromatic heterocycles. The average Bonchev–Trinajstić information content (AvgIpc) is 2.56. The number of fused-ring (bicyclic) bond motifs is 1. The Labute approximate surface area is 126 Å². The topological polar surface area (TPSA) is 59.9 Å². The van der Waals surface area contributed by atoms with Gasteiger partial charge in [0.25, 0.3) is 5.91 Å². The fraction of sp³-hybridized carbons (Fsp3) is 0.125. The molecule has 0 saturated heterocycles. The highest BCUT2D eigenvalue weighted by Crippen LogP contribution is 2.30. The number of carbonyl (C=O) groups is 1. The van der Waals surface area contributed by atoms with Gasteiger partial charge in [0.05, 0.1) is 6.21 Å². The third kappa shape index (κ3) is 3.22. The van der Waals surface area contributed by atoms with Gasteiger partial charge < -0.3 is 9.47 Å². The predicted octanol–water partition coefficient (Wildman–Crippen LogP) is 2.12. The second-order valence-corrected chi connectivity index (χ2v) is 4.65. The molecule has 1 amide bonds. The van der Waals surface area contributed by atoms with Gasteiger partial charge in [-0.05, 0) is 29.8 Å². The summed E-state index contributed by atoms with van der Waals surface area (Å²) in [5.74, 6) is 0.401. The van der Waals surface area contributed by atoms with Gasteiger partial charge in [0.1, 0.15) is 12.4 Å². The van der Waals surface area contributed by atoms with E-state index >= 15 is 0 Å². The molecule has 1 atom stereocenters. The zero-order valence-electron chi connectivity index (χ0n) is 11.5. The van der Waals surface area contributed by atoms with Crippen LogP contribution in [0.2, 0.25) is 0 Å². The first-order valence-electron chi connectivity index (χ1n) is 6.69. The van der Waals surface area contributed by atoms with Gasteiger partial charge in [0.2, 0.25) is 6.10 Å². The Hall–Kier alpha value is -2.89. The summed E-state index contributed by atoms with van der Waals surface area (Å²) in [6.45, 7) is 0.120. The van der Waals surface area contributed by atoms with Gasteiger partial charge >= 0.3 is 0 Å². The fourth-order valence-electron chi connectivity index (χ4n) is 1.94. The van der Waals surface area contributed by atoms with Crippen LogP contribution in [0.5, 0.6) is 11.5 Å². The van der Waals surface area contributed by atoms with E-state index in [0.717, 1.165) is 0 Å². The molecule has 1 heterocycles. The molecule has 0 radical (unpaired) electrons. The first kappa shape index (κ1) is 14.1. The van der Waals surface area contributed by atoms with Crippen LogP contribution in [0.25, 0.3) is 0 Å². The summed E-state index contributed by atoms with van der Waals surface area (Å²) < 4.78 is 23.8. The highest BCUT2D eigenvalue weighted by atomic mass is 19.1. The van der Waals surface area contributed by atoms with E-state index < -0.39 is 12.0 Å². The minimum absolute atomic E-state index is 0.120. The molecule has 112 valence electrons. The average molecular weight is 300 g/mol. The van der Waals surface area contributed by atoms with Crippen LogP contribution < -0.4 is 14.9 Å². The summed E-state index contributed by atoms with van der Waals surface area (Å²) in [7, 11) is 0. The van der Waals surface area contributed by atoms with Crippen molar-refractivity contribution in [2.24, 2.45) is 5.10 Å². The number of hydrogen-bond acceptors (Lipinski definition) is 4. The van der Waals surface area contributed by atoms with Crippen LogP contribution in [-0.2, 0) is 4.79 Å². The molecular weight excluding hydrogens is 287 g/mol. The van der Waals surface area contributed by atoms with Crippen molar-refractivity contribution >= 4 is 12.1 Å². The Bertz CT molecular complexity index is 701. The van der Waals surface area contributed by atoms with E-state index in [4.69, 9.17) is 9.47 Å². The summed E-state index contributed by atoms with van der Waals surface area (Å²) in [6.07, 6.45) is 0.662. The molecule has 0 unspecified atom stereocenters. The number of para-hydroxylation sites is 2. The monoisotopic (exact) mass is 300 g/mol. The highest BCUT2D eigenvalue weighted by molar-refractivity contribution is 5.84. The molecule has 1 aliphatic rings. The SMILES string of the molecule is O=C(N/N=C\c1ccc(F)cc1)[C@@H]1COc2ccccc2O1. The second kappa shape index (κ2) is 6.26. The molecular formula is C16H13FN2O3. The number of nitrogens with one attached hydrogen (secondary N) is 1. The first-order chi connectivity index (χ1) is 10.7. The Balaban J connectivity index is 1.58. The number of carbonyl (C=O) groups excluding carboxylic acids is 1. The largest absolute Gasteiger partial charge is 0.485 e. The number of hydrogen-bond donors (Lipinski definition) is 1. The second-order valence-electron chi connectivity index (χ2n) is 4.65. The fourth-order valence-corrected chi connectivity index (χ4v) is 1.94. The number of amides is 1. The number of hydrazone groups is 1. The smallest absolute Gasteiger partial charge is 0.284 e. The number of rotatable bonds is 3. The van der Waals surface area contributed by atoms with E-state index in [9.17, 15) is 9.18 Å². The van der Waals surface area contributed by atoms with Crippen molar-refractivity contribution in [3.05, 3.63) is 59.9 Å². The molecule has 2 aromatic carbocycles. The lowest BCUT2D eigenvalue weighted by molar-refractivity contribution is -0.130. The van der Waals surface area contributed by atoms with E-state index in [1.165, 1.54) is 18.3 Å². The number of halogens is 1. The van der Waals surface area contributed by atoms with Crippen molar-refractivity contribution in [3.63, 3.8) is 0 Å². The van der Waals surface area contributed by atoms with Gasteiger partial charge in [0.15, 0.2) is 11.5 Å². The normalized spacial score (nSPS) is 16.5. The van der Waals surface area contributed by atoms with E-state index in [1.807, 2.05) is 6.07 Å². The standard InChI is InChI=1S/C16H13FN2O3/c17-12-7-5-11(6-8-12)9-18-19-16(20)15-10-21-13-3-1-2-4-14(13)22-15/h1-9,15H,10H2,(H,19,20)/b18-9-/t15-/m0/s1. The first-order valence-corrected chi connectivity index (χ1v) is 6.69. The van der Waals surface area contributed by atoms with Crippen LogP contribution in [0.1, 0.15) is 5.56 Å². The predicted molar refractivity (Wildman–Crippen MR) is 78.5 cm³/mol. The minimum Gasteiger partial charge on any atom is -0.485 e. The summed E-state index contributed by atoms with van der Waals surface area (Å²) in [5.41, 5.74) is 3.05. The maximum Gasteiger partial charge on any atom is 0.284 e. The zero-order valence-corrected chi connectivity index (χ0v) is 11.5. The van der Waals surface area contributed by atoms with E-state index in [2.05, 4.69) is 10.5 Å². The van der Waals surface area contributed by atoms with Gasteiger partial charge in [-0.1, -0.05) is 24.3 Å². The maximum absolute atomic E-state index is 12.8. The van der Waals surface area contributed by atoms with Crippen LogP contribution in [0.4, 0.5) is 4.39 Å². The van der Waals surface area contributed by atoms with Gasteiger partial charge in [0, 0.05) is 0 Å². The molecule has 0 saturated carbocycles. The van der Waals surface area contributed by atoms with Crippen LogP contribution in [-0.4, -0.2) is 24.8 Å². The molecule has 0 bridgehead atoms. The lowest BCUT2D eigenvalue weighted by atomic mass is 10.2. The van der Waals surface area contributed by atoms with E-state index in [1.54, 1.807) is 30.3 Å². The third-order valence-corrected chi connectivity index (χ3v) is 3.06. The minimum atomic E-state index is -0.764. The summed E-state index contributed by atoms with van der Waals surface area (Å²) in [5, 5.41) is 3.82. The molecule has 5 nitrogen and oxygen atoms in total. The van der Waals surface area contributed by atoms with Crippen LogP contribution >= 0.6 is 0 Å². The van der Waals surface area contributed by atoms with E-state index in [0.29, 0.717) is 17.1 Å². The van der Waals surface area contributed by atoms with Crippen molar-refractivity contribution in [2.75, 3.05) is 6.61 Å². The van der Waals surface area contributed by atoms with Crippen LogP contribution in [0.3, 0.4) is 0 Å². The molecule has 6 heteroatoms. The Kier molecular flexibility index (Phi) is 4.00. The quantitative estimate of drug-likeness (QED) is 0.697. The Morgan fingerprint density at radius 1 is 1.18 bits per heavy atom. The molecule has 1 aliphatic heterocycles. The molecule has 0 fully saturated rings.